The van der Waals surface area contributed by atoms with Crippen molar-refractivity contribution in [2.24, 2.45) is 0 Å². The van der Waals surface area contributed by atoms with E-state index in [9.17, 15) is 13.2 Å². The predicted molar refractivity (Wildman–Crippen MR) is 83.6 cm³/mol. The molecule has 118 valence electrons. The minimum absolute atomic E-state index is 0.0201. The molecule has 1 amide bonds. The zero-order valence-corrected chi connectivity index (χ0v) is 13.6. The molecule has 1 rings (SSSR count). The summed E-state index contributed by atoms with van der Waals surface area (Å²) in [6.07, 6.45) is 0.897. The van der Waals surface area contributed by atoms with Gasteiger partial charge < -0.3 is 11.1 Å². The van der Waals surface area contributed by atoms with Crippen LogP contribution in [0.25, 0.3) is 0 Å². The highest BCUT2D eigenvalue weighted by molar-refractivity contribution is 7.89. The van der Waals surface area contributed by atoms with Crippen LogP contribution < -0.4 is 15.8 Å². The maximum absolute atomic E-state index is 12.0. The highest BCUT2D eigenvalue weighted by atomic mass is 35.5. The number of anilines is 1. The minimum atomic E-state index is -3.70. The molecule has 8 heteroatoms. The normalized spacial score (nSPS) is 12.9. The predicted octanol–water partition coefficient (Wildman–Crippen LogP) is 1.51. The largest absolute Gasteiger partial charge is 0.397 e. The van der Waals surface area contributed by atoms with Gasteiger partial charge in [-0.15, -0.1) is 0 Å². The third kappa shape index (κ3) is 5.53. The van der Waals surface area contributed by atoms with Crippen LogP contribution in [0.4, 0.5) is 5.69 Å². The molecular weight excluding hydrogens is 314 g/mol. The van der Waals surface area contributed by atoms with Crippen molar-refractivity contribution in [3.63, 3.8) is 0 Å². The van der Waals surface area contributed by atoms with Gasteiger partial charge in [0.2, 0.25) is 15.9 Å². The standard InChI is InChI=1S/C13H20ClN3O3S/c1-3-9(2)17-13(18)6-7-16-21(19,20)10-4-5-11(14)12(15)8-10/h4-5,8-9,16H,3,6-7,15H2,1-2H3,(H,17,18). The maximum Gasteiger partial charge on any atom is 0.240 e. The Kier molecular flexibility index (Phi) is 6.44. The molecule has 1 atom stereocenters. The van der Waals surface area contributed by atoms with Crippen molar-refractivity contribution < 1.29 is 13.2 Å². The number of carbonyl (C=O) groups is 1. The summed E-state index contributed by atoms with van der Waals surface area (Å²) in [6, 6.07) is 4.13. The summed E-state index contributed by atoms with van der Waals surface area (Å²) in [6.45, 7) is 3.87. The Morgan fingerprint density at radius 1 is 1.43 bits per heavy atom. The first-order valence-electron chi connectivity index (χ1n) is 6.60. The highest BCUT2D eigenvalue weighted by Crippen LogP contribution is 2.21. The molecule has 1 aromatic carbocycles. The van der Waals surface area contributed by atoms with Crippen molar-refractivity contribution in [2.75, 3.05) is 12.3 Å². The van der Waals surface area contributed by atoms with E-state index in [2.05, 4.69) is 10.0 Å². The molecule has 0 spiro atoms. The number of hydrogen-bond donors (Lipinski definition) is 3. The molecular formula is C13H20ClN3O3S. The molecule has 0 aliphatic carbocycles. The number of nitrogens with two attached hydrogens (primary N) is 1. The van der Waals surface area contributed by atoms with E-state index in [-0.39, 0.29) is 35.5 Å². The molecule has 0 saturated heterocycles. The SMILES string of the molecule is CCC(C)NC(=O)CCNS(=O)(=O)c1ccc(Cl)c(N)c1. The lowest BCUT2D eigenvalue weighted by Crippen LogP contribution is -2.35. The molecule has 0 radical (unpaired) electrons. The molecule has 21 heavy (non-hydrogen) atoms. The molecule has 1 aromatic rings. The fourth-order valence-electron chi connectivity index (χ4n) is 1.52. The summed E-state index contributed by atoms with van der Waals surface area (Å²) in [7, 11) is -3.70. The third-order valence-electron chi connectivity index (χ3n) is 2.94. The first kappa shape index (κ1) is 17.7. The second kappa shape index (κ2) is 7.63. The molecule has 1 unspecified atom stereocenters. The summed E-state index contributed by atoms with van der Waals surface area (Å²) in [5, 5.41) is 3.05. The molecule has 0 fully saturated rings. The van der Waals surface area contributed by atoms with E-state index in [0.717, 1.165) is 6.42 Å². The quantitative estimate of drug-likeness (QED) is 0.658. The minimum Gasteiger partial charge on any atom is -0.397 e. The van der Waals surface area contributed by atoms with Crippen LogP contribution >= 0.6 is 11.6 Å². The van der Waals surface area contributed by atoms with Crippen LogP contribution in [-0.2, 0) is 14.8 Å². The Hall–Kier alpha value is -1.31. The van der Waals surface area contributed by atoms with Crippen molar-refractivity contribution in [3.05, 3.63) is 23.2 Å². The average molecular weight is 334 g/mol. The van der Waals surface area contributed by atoms with Gasteiger partial charge in [0.1, 0.15) is 0 Å². The number of hydrogen-bond acceptors (Lipinski definition) is 4. The second-order valence-electron chi connectivity index (χ2n) is 4.71. The fraction of sp³-hybridized carbons (Fsp3) is 0.462. The number of rotatable bonds is 7. The lowest BCUT2D eigenvalue weighted by Gasteiger charge is -2.12. The van der Waals surface area contributed by atoms with Gasteiger partial charge in [-0.2, -0.15) is 0 Å². The summed E-state index contributed by atoms with van der Waals surface area (Å²) < 4.78 is 26.4. The molecule has 4 N–H and O–H groups in total. The zero-order valence-electron chi connectivity index (χ0n) is 12.0. The Bertz CT molecular complexity index is 605. The fourth-order valence-corrected chi connectivity index (χ4v) is 2.70. The van der Waals surface area contributed by atoms with E-state index in [1.54, 1.807) is 0 Å². The number of sulfonamides is 1. The van der Waals surface area contributed by atoms with E-state index in [0.29, 0.717) is 5.02 Å². The number of nitrogen functional groups attached to an aromatic ring is 1. The Balaban J connectivity index is 2.57. The molecule has 0 bridgehead atoms. The summed E-state index contributed by atoms with van der Waals surface area (Å²) in [5.41, 5.74) is 5.76. The van der Waals surface area contributed by atoms with Gasteiger partial charge in [0.15, 0.2) is 0 Å². The Morgan fingerprint density at radius 2 is 2.10 bits per heavy atom. The van der Waals surface area contributed by atoms with Crippen LogP contribution in [0.5, 0.6) is 0 Å². The van der Waals surface area contributed by atoms with Crippen LogP contribution in [0, 0.1) is 0 Å². The topological polar surface area (TPSA) is 101 Å². The smallest absolute Gasteiger partial charge is 0.240 e. The van der Waals surface area contributed by atoms with E-state index < -0.39 is 10.0 Å². The third-order valence-corrected chi connectivity index (χ3v) is 4.74. The molecule has 6 nitrogen and oxygen atoms in total. The maximum atomic E-state index is 12.0. The zero-order chi connectivity index (χ0) is 16.0. The number of carbonyl (C=O) groups excluding carboxylic acids is 1. The number of halogens is 1. The highest BCUT2D eigenvalue weighted by Gasteiger charge is 2.15. The van der Waals surface area contributed by atoms with Crippen LogP contribution in [0.2, 0.25) is 5.02 Å². The Labute approximate surface area is 130 Å². The van der Waals surface area contributed by atoms with Gasteiger partial charge in [-0.05, 0) is 31.5 Å². The van der Waals surface area contributed by atoms with Crippen molar-refractivity contribution in [1.29, 1.82) is 0 Å². The van der Waals surface area contributed by atoms with Gasteiger partial charge >= 0.3 is 0 Å². The van der Waals surface area contributed by atoms with Crippen LogP contribution in [0.1, 0.15) is 26.7 Å². The Morgan fingerprint density at radius 3 is 2.67 bits per heavy atom. The van der Waals surface area contributed by atoms with Gasteiger partial charge in [-0.3, -0.25) is 4.79 Å². The first-order valence-corrected chi connectivity index (χ1v) is 8.46. The van der Waals surface area contributed by atoms with E-state index in [1.165, 1.54) is 18.2 Å². The van der Waals surface area contributed by atoms with Gasteiger partial charge in [-0.25, -0.2) is 13.1 Å². The van der Waals surface area contributed by atoms with Gasteiger partial charge in [0.05, 0.1) is 15.6 Å². The lowest BCUT2D eigenvalue weighted by molar-refractivity contribution is -0.121. The molecule has 0 heterocycles. The molecule has 0 aliphatic heterocycles. The van der Waals surface area contributed by atoms with Gasteiger partial charge in [-0.1, -0.05) is 18.5 Å². The van der Waals surface area contributed by atoms with Crippen LogP contribution in [0.15, 0.2) is 23.1 Å². The van der Waals surface area contributed by atoms with Crippen molar-refractivity contribution in [1.82, 2.24) is 10.0 Å². The lowest BCUT2D eigenvalue weighted by atomic mass is 10.2. The second-order valence-corrected chi connectivity index (χ2v) is 6.88. The van der Waals surface area contributed by atoms with Crippen molar-refractivity contribution >= 4 is 33.2 Å². The first-order chi connectivity index (χ1) is 9.76. The van der Waals surface area contributed by atoms with Gasteiger partial charge in [0.25, 0.3) is 0 Å². The monoisotopic (exact) mass is 333 g/mol. The van der Waals surface area contributed by atoms with Gasteiger partial charge in [0, 0.05) is 19.0 Å². The van der Waals surface area contributed by atoms with Crippen molar-refractivity contribution in [3.8, 4) is 0 Å². The summed E-state index contributed by atoms with van der Waals surface area (Å²) in [4.78, 5) is 11.6. The molecule has 0 aliphatic rings. The molecule has 0 saturated carbocycles. The number of benzene rings is 1. The van der Waals surface area contributed by atoms with E-state index in [4.69, 9.17) is 17.3 Å². The number of amides is 1. The average Bonchev–Trinajstić information content (AvgIpc) is 2.41. The van der Waals surface area contributed by atoms with E-state index in [1.807, 2.05) is 13.8 Å². The van der Waals surface area contributed by atoms with Crippen molar-refractivity contribution in [2.45, 2.75) is 37.6 Å². The molecule has 0 aromatic heterocycles. The van der Waals surface area contributed by atoms with Crippen LogP contribution in [0.3, 0.4) is 0 Å². The summed E-state index contributed by atoms with van der Waals surface area (Å²) >= 11 is 5.75. The van der Waals surface area contributed by atoms with E-state index >= 15 is 0 Å². The number of nitrogens with one attached hydrogen (secondary N) is 2. The summed E-state index contributed by atoms with van der Waals surface area (Å²) in [5.74, 6) is -0.192. The van der Waals surface area contributed by atoms with Crippen LogP contribution in [-0.4, -0.2) is 26.9 Å².